The van der Waals surface area contributed by atoms with E-state index in [9.17, 15) is 8.42 Å². The minimum absolute atomic E-state index is 0.0601. The van der Waals surface area contributed by atoms with Gasteiger partial charge in [0.15, 0.2) is 0 Å². The Labute approximate surface area is 125 Å². The molecular formula is C13H22N2O3S2. The Bertz CT molecular complexity index is 527. The minimum Gasteiger partial charge on any atom is -0.447 e. The number of nitrogens with zero attached hydrogens (tertiary/aromatic N) is 1. The van der Waals surface area contributed by atoms with Crippen LogP contribution in [0.3, 0.4) is 0 Å². The molecule has 1 atom stereocenters. The maximum absolute atomic E-state index is 12.5. The lowest BCUT2D eigenvalue weighted by molar-refractivity contribution is 0.367. The van der Waals surface area contributed by atoms with Crippen molar-refractivity contribution in [1.82, 2.24) is 9.62 Å². The smallest absolute Gasteiger partial charge is 0.276 e. The van der Waals surface area contributed by atoms with Gasteiger partial charge in [-0.25, -0.2) is 8.42 Å². The fourth-order valence-corrected chi connectivity index (χ4v) is 4.79. The van der Waals surface area contributed by atoms with E-state index in [1.54, 1.807) is 23.9 Å². The second-order valence-corrected chi connectivity index (χ2v) is 8.36. The van der Waals surface area contributed by atoms with E-state index >= 15 is 0 Å². The van der Waals surface area contributed by atoms with Gasteiger partial charge in [-0.05, 0) is 25.1 Å². The van der Waals surface area contributed by atoms with Gasteiger partial charge in [-0.15, -0.1) is 0 Å². The van der Waals surface area contributed by atoms with E-state index in [2.05, 4.69) is 19.2 Å². The van der Waals surface area contributed by atoms with E-state index < -0.39 is 10.0 Å². The summed E-state index contributed by atoms with van der Waals surface area (Å²) in [7, 11) is -3.48. The molecular weight excluding hydrogens is 296 g/mol. The first kappa shape index (κ1) is 15.9. The number of hydrogen-bond acceptors (Lipinski definition) is 5. The Hall–Kier alpha value is -0.500. The van der Waals surface area contributed by atoms with Crippen molar-refractivity contribution in [1.29, 1.82) is 0 Å². The fraction of sp³-hybridized carbons (Fsp3) is 0.692. The number of rotatable bonds is 6. The zero-order valence-electron chi connectivity index (χ0n) is 12.0. The second-order valence-electron chi connectivity index (χ2n) is 4.94. The van der Waals surface area contributed by atoms with Gasteiger partial charge < -0.3 is 9.73 Å². The average molecular weight is 318 g/mol. The highest BCUT2D eigenvalue weighted by Crippen LogP contribution is 2.25. The highest BCUT2D eigenvalue weighted by molar-refractivity contribution is 8.00. The molecule has 1 aromatic heterocycles. The quantitative estimate of drug-likeness (QED) is 0.812. The number of furan rings is 1. The molecule has 0 bridgehead atoms. The summed E-state index contributed by atoms with van der Waals surface area (Å²) >= 11 is 1.81. The third-order valence-electron chi connectivity index (χ3n) is 3.16. The third kappa shape index (κ3) is 3.78. The lowest BCUT2D eigenvalue weighted by Gasteiger charge is -2.28. The van der Waals surface area contributed by atoms with Gasteiger partial charge in [0.2, 0.25) is 5.09 Å². The summed E-state index contributed by atoms with van der Waals surface area (Å²) in [5.41, 5.74) is 0. The van der Waals surface area contributed by atoms with E-state index in [-0.39, 0.29) is 5.09 Å². The van der Waals surface area contributed by atoms with Gasteiger partial charge in [0, 0.05) is 24.1 Å². The van der Waals surface area contributed by atoms with Gasteiger partial charge in [0.1, 0.15) is 5.76 Å². The topological polar surface area (TPSA) is 62.6 Å². The molecule has 114 valence electrons. The fourth-order valence-electron chi connectivity index (χ4n) is 2.11. The minimum atomic E-state index is -3.48. The van der Waals surface area contributed by atoms with E-state index in [4.69, 9.17) is 4.42 Å². The second kappa shape index (κ2) is 6.98. The zero-order valence-corrected chi connectivity index (χ0v) is 13.6. The Morgan fingerprint density at radius 3 is 3.00 bits per heavy atom. The van der Waals surface area contributed by atoms with Crippen LogP contribution in [0.2, 0.25) is 0 Å². The summed E-state index contributed by atoms with van der Waals surface area (Å²) in [6, 6.07) is 3.29. The van der Waals surface area contributed by atoms with Crippen LogP contribution in [0.5, 0.6) is 0 Å². The molecule has 0 amide bonds. The van der Waals surface area contributed by atoms with Crippen molar-refractivity contribution in [2.24, 2.45) is 0 Å². The maximum Gasteiger partial charge on any atom is 0.276 e. The molecule has 0 aromatic carbocycles. The molecule has 1 aromatic rings. The molecule has 1 aliphatic heterocycles. The number of hydrogen-bond donors (Lipinski definition) is 1. The van der Waals surface area contributed by atoms with E-state index in [1.807, 2.05) is 0 Å². The SMILES string of the molecule is CCCNCc1ccc(S(=O)(=O)N2CCSC(C)C2)o1. The Kier molecular flexibility index (Phi) is 5.54. The van der Waals surface area contributed by atoms with Crippen molar-refractivity contribution in [3.05, 3.63) is 17.9 Å². The standard InChI is InChI=1S/C13H22N2O3S2/c1-3-6-14-9-12-4-5-13(18-12)20(16,17)15-7-8-19-11(2)10-15/h4-5,11,14H,3,6-10H2,1-2H3. The first-order chi connectivity index (χ1) is 9.54. The first-order valence-electron chi connectivity index (χ1n) is 6.95. The average Bonchev–Trinajstić information content (AvgIpc) is 2.88. The largest absolute Gasteiger partial charge is 0.447 e. The molecule has 20 heavy (non-hydrogen) atoms. The van der Waals surface area contributed by atoms with Crippen molar-refractivity contribution in [2.45, 2.75) is 37.2 Å². The summed E-state index contributed by atoms with van der Waals surface area (Å²) in [6.07, 6.45) is 1.04. The van der Waals surface area contributed by atoms with Gasteiger partial charge in [-0.1, -0.05) is 13.8 Å². The number of nitrogens with one attached hydrogen (secondary N) is 1. The van der Waals surface area contributed by atoms with Crippen LogP contribution in [0.1, 0.15) is 26.0 Å². The van der Waals surface area contributed by atoms with Crippen LogP contribution < -0.4 is 5.32 Å². The molecule has 0 saturated carbocycles. The van der Waals surface area contributed by atoms with Crippen molar-refractivity contribution in [3.63, 3.8) is 0 Å². The Morgan fingerprint density at radius 1 is 1.50 bits per heavy atom. The monoisotopic (exact) mass is 318 g/mol. The van der Waals surface area contributed by atoms with Crippen LogP contribution in [0.25, 0.3) is 0 Å². The summed E-state index contributed by atoms with van der Waals surface area (Å²) in [5, 5.41) is 3.59. The first-order valence-corrected chi connectivity index (χ1v) is 9.44. The summed E-state index contributed by atoms with van der Waals surface area (Å²) in [4.78, 5) is 0. The highest BCUT2D eigenvalue weighted by Gasteiger charge is 2.31. The van der Waals surface area contributed by atoms with Crippen LogP contribution in [0.15, 0.2) is 21.6 Å². The van der Waals surface area contributed by atoms with E-state index in [0.717, 1.165) is 18.7 Å². The molecule has 1 saturated heterocycles. The summed E-state index contributed by atoms with van der Waals surface area (Å²) in [5.74, 6) is 1.50. The number of sulfonamides is 1. The third-order valence-corrected chi connectivity index (χ3v) is 6.04. The highest BCUT2D eigenvalue weighted by atomic mass is 32.2. The molecule has 2 rings (SSSR count). The lowest BCUT2D eigenvalue weighted by Crippen LogP contribution is -2.40. The predicted octanol–water partition coefficient (Wildman–Crippen LogP) is 1.91. The van der Waals surface area contributed by atoms with Crippen LogP contribution in [0, 0.1) is 0 Å². The summed E-state index contributed by atoms with van der Waals surface area (Å²) in [6.45, 7) is 6.70. The molecule has 5 nitrogen and oxygen atoms in total. The lowest BCUT2D eigenvalue weighted by atomic mass is 10.4. The van der Waals surface area contributed by atoms with Crippen LogP contribution in [-0.2, 0) is 16.6 Å². The van der Waals surface area contributed by atoms with Gasteiger partial charge >= 0.3 is 0 Å². The molecule has 2 heterocycles. The summed E-state index contributed by atoms with van der Waals surface area (Å²) < 4.78 is 32.0. The van der Waals surface area contributed by atoms with Crippen LogP contribution in [0.4, 0.5) is 0 Å². The molecule has 0 spiro atoms. The van der Waals surface area contributed by atoms with E-state index in [0.29, 0.717) is 30.6 Å². The van der Waals surface area contributed by atoms with Crippen molar-refractivity contribution in [2.75, 3.05) is 25.4 Å². The predicted molar refractivity (Wildman–Crippen MR) is 81.4 cm³/mol. The molecule has 1 aliphatic rings. The zero-order chi connectivity index (χ0) is 14.6. The van der Waals surface area contributed by atoms with Crippen molar-refractivity contribution >= 4 is 21.8 Å². The van der Waals surface area contributed by atoms with Gasteiger partial charge in [0.05, 0.1) is 6.54 Å². The van der Waals surface area contributed by atoms with Crippen LogP contribution in [-0.4, -0.2) is 43.4 Å². The Morgan fingerprint density at radius 2 is 2.30 bits per heavy atom. The maximum atomic E-state index is 12.5. The molecule has 1 N–H and O–H groups in total. The normalized spacial score (nSPS) is 21.2. The van der Waals surface area contributed by atoms with Gasteiger partial charge in [-0.3, -0.25) is 0 Å². The molecule has 1 unspecified atom stereocenters. The van der Waals surface area contributed by atoms with E-state index in [1.165, 1.54) is 4.31 Å². The van der Waals surface area contributed by atoms with Gasteiger partial charge in [0.25, 0.3) is 10.0 Å². The molecule has 0 radical (unpaired) electrons. The molecule has 7 heteroatoms. The Balaban J connectivity index is 2.05. The molecule has 1 fully saturated rings. The number of thioether (sulfide) groups is 1. The van der Waals surface area contributed by atoms with Crippen molar-refractivity contribution in [3.8, 4) is 0 Å². The molecule has 0 aliphatic carbocycles. The van der Waals surface area contributed by atoms with Crippen molar-refractivity contribution < 1.29 is 12.8 Å². The van der Waals surface area contributed by atoms with Crippen LogP contribution >= 0.6 is 11.8 Å². The van der Waals surface area contributed by atoms with Gasteiger partial charge in [-0.2, -0.15) is 16.1 Å².